The highest BCUT2D eigenvalue weighted by Gasteiger charge is 2.22. The largest absolute Gasteiger partial charge is 0.494 e. The number of carboxylic acid groups (broad SMARTS) is 1. The van der Waals surface area contributed by atoms with Crippen molar-refractivity contribution in [3.8, 4) is 16.9 Å². The van der Waals surface area contributed by atoms with Crippen molar-refractivity contribution in [2.75, 3.05) is 26.7 Å². The topological polar surface area (TPSA) is 95.9 Å². The molecule has 0 aliphatic rings. The van der Waals surface area contributed by atoms with E-state index in [1.54, 1.807) is 48.3 Å². The van der Waals surface area contributed by atoms with Gasteiger partial charge in [-0.1, -0.05) is 48.5 Å². The van der Waals surface area contributed by atoms with E-state index in [1.807, 2.05) is 43.3 Å². The number of carbonyl (C=O) groups is 3. The van der Waals surface area contributed by atoms with Crippen LogP contribution in [0.25, 0.3) is 11.1 Å². The lowest BCUT2D eigenvalue weighted by molar-refractivity contribution is -0.137. The van der Waals surface area contributed by atoms with E-state index in [9.17, 15) is 19.5 Å². The van der Waals surface area contributed by atoms with Crippen molar-refractivity contribution in [2.24, 2.45) is 0 Å². The van der Waals surface area contributed by atoms with Crippen LogP contribution in [0.2, 0.25) is 0 Å². The molecule has 0 aromatic heterocycles. The predicted molar refractivity (Wildman–Crippen MR) is 135 cm³/mol. The lowest BCUT2D eigenvalue weighted by Gasteiger charge is -2.24. The summed E-state index contributed by atoms with van der Waals surface area (Å²) in [5.41, 5.74) is 3.15. The molecule has 0 saturated heterocycles. The van der Waals surface area contributed by atoms with Crippen LogP contribution in [0.1, 0.15) is 39.6 Å². The van der Waals surface area contributed by atoms with Crippen molar-refractivity contribution >= 4 is 17.8 Å². The van der Waals surface area contributed by atoms with Gasteiger partial charge in [-0.15, -0.1) is 0 Å². The quantitative estimate of drug-likeness (QED) is 0.433. The Labute approximate surface area is 205 Å². The molecule has 3 rings (SSSR count). The molecule has 2 amide bonds. The molecule has 0 aliphatic carbocycles. The molecule has 0 atom stereocenters. The summed E-state index contributed by atoms with van der Waals surface area (Å²) in [5, 5.41) is 11.9. The minimum absolute atomic E-state index is 0.0800. The van der Waals surface area contributed by atoms with Crippen LogP contribution < -0.4 is 10.1 Å². The molecule has 0 unspecified atom stereocenters. The van der Waals surface area contributed by atoms with Crippen LogP contribution in [-0.4, -0.2) is 54.5 Å². The molecule has 0 bridgehead atoms. The van der Waals surface area contributed by atoms with Crippen LogP contribution in [0, 0.1) is 0 Å². The summed E-state index contributed by atoms with van der Waals surface area (Å²) in [6, 6.07) is 21.8. The van der Waals surface area contributed by atoms with E-state index in [1.165, 1.54) is 0 Å². The van der Waals surface area contributed by atoms with E-state index in [2.05, 4.69) is 5.32 Å². The number of carbonyl (C=O) groups excluding carboxylic acids is 2. The van der Waals surface area contributed by atoms with Crippen molar-refractivity contribution in [1.82, 2.24) is 10.2 Å². The molecular weight excluding hydrogens is 444 g/mol. The highest BCUT2D eigenvalue weighted by atomic mass is 16.5. The minimum atomic E-state index is -0.970. The molecule has 7 heteroatoms. The second-order valence-electron chi connectivity index (χ2n) is 7.93. The van der Waals surface area contributed by atoms with Gasteiger partial charge in [0, 0.05) is 31.3 Å². The van der Waals surface area contributed by atoms with Gasteiger partial charge in [0.05, 0.1) is 13.0 Å². The van der Waals surface area contributed by atoms with Crippen LogP contribution >= 0.6 is 0 Å². The van der Waals surface area contributed by atoms with E-state index in [0.717, 1.165) is 11.3 Å². The molecule has 0 spiro atoms. The van der Waals surface area contributed by atoms with Crippen LogP contribution in [0.3, 0.4) is 0 Å². The maximum Gasteiger partial charge on any atom is 0.305 e. The maximum atomic E-state index is 13.7. The average Bonchev–Trinajstić information content (AvgIpc) is 2.89. The van der Waals surface area contributed by atoms with Gasteiger partial charge in [0.15, 0.2) is 0 Å². The first-order valence-electron chi connectivity index (χ1n) is 11.6. The van der Waals surface area contributed by atoms with Crippen molar-refractivity contribution in [3.05, 3.63) is 89.5 Å². The molecule has 0 fully saturated rings. The Hall–Kier alpha value is -4.13. The first-order valence-corrected chi connectivity index (χ1v) is 11.6. The molecule has 0 saturated carbocycles. The fourth-order valence-electron chi connectivity index (χ4n) is 3.85. The van der Waals surface area contributed by atoms with Gasteiger partial charge in [-0.2, -0.15) is 0 Å². The van der Waals surface area contributed by atoms with Gasteiger partial charge in [0.2, 0.25) is 0 Å². The monoisotopic (exact) mass is 474 g/mol. The zero-order valence-electron chi connectivity index (χ0n) is 20.0. The minimum Gasteiger partial charge on any atom is -0.494 e. The van der Waals surface area contributed by atoms with Gasteiger partial charge in [0.1, 0.15) is 5.75 Å². The molecule has 3 aromatic carbocycles. The fourth-order valence-corrected chi connectivity index (χ4v) is 3.85. The van der Waals surface area contributed by atoms with E-state index >= 15 is 0 Å². The van der Waals surface area contributed by atoms with Crippen molar-refractivity contribution in [3.63, 3.8) is 0 Å². The van der Waals surface area contributed by atoms with Crippen molar-refractivity contribution in [1.29, 1.82) is 0 Å². The Morgan fingerprint density at radius 3 is 2.06 bits per heavy atom. The molecule has 3 aromatic rings. The fraction of sp³-hybridized carbons (Fsp3) is 0.250. The average molecular weight is 475 g/mol. The summed E-state index contributed by atoms with van der Waals surface area (Å²) >= 11 is 0. The van der Waals surface area contributed by atoms with E-state index in [0.29, 0.717) is 41.8 Å². The summed E-state index contributed by atoms with van der Waals surface area (Å²) < 4.78 is 5.48. The number of nitrogens with one attached hydrogen (secondary N) is 1. The number of rotatable bonds is 11. The number of hydrogen-bond acceptors (Lipinski definition) is 4. The van der Waals surface area contributed by atoms with Gasteiger partial charge in [-0.25, -0.2) is 0 Å². The smallest absolute Gasteiger partial charge is 0.305 e. The number of nitrogens with zero attached hydrogens (tertiary/aromatic N) is 1. The lowest BCUT2D eigenvalue weighted by Crippen LogP contribution is -2.35. The molecule has 7 nitrogen and oxygen atoms in total. The molecule has 182 valence electrons. The Balaban J connectivity index is 1.90. The molecule has 0 radical (unpaired) electrons. The van der Waals surface area contributed by atoms with Crippen LogP contribution in [0.5, 0.6) is 5.75 Å². The molecule has 35 heavy (non-hydrogen) atoms. The van der Waals surface area contributed by atoms with Gasteiger partial charge in [-0.05, 0) is 54.3 Å². The Kier molecular flexibility index (Phi) is 9.01. The highest BCUT2D eigenvalue weighted by molar-refractivity contribution is 6.06. The summed E-state index contributed by atoms with van der Waals surface area (Å²) in [6.45, 7) is 2.94. The number of ether oxygens (including phenoxy) is 1. The van der Waals surface area contributed by atoms with Crippen LogP contribution in [0.4, 0.5) is 0 Å². The number of hydrogen-bond donors (Lipinski definition) is 2. The van der Waals surface area contributed by atoms with Crippen molar-refractivity contribution < 1.29 is 24.2 Å². The van der Waals surface area contributed by atoms with Gasteiger partial charge in [-0.3, -0.25) is 14.4 Å². The zero-order chi connectivity index (χ0) is 25.2. The Morgan fingerprint density at radius 2 is 1.46 bits per heavy atom. The van der Waals surface area contributed by atoms with Crippen molar-refractivity contribution in [2.45, 2.75) is 19.8 Å². The van der Waals surface area contributed by atoms with E-state index in [-0.39, 0.29) is 24.8 Å². The molecule has 0 heterocycles. The number of carboxylic acids is 1. The van der Waals surface area contributed by atoms with Gasteiger partial charge < -0.3 is 20.1 Å². The number of benzene rings is 3. The Morgan fingerprint density at radius 1 is 0.857 bits per heavy atom. The summed E-state index contributed by atoms with van der Waals surface area (Å²) in [4.78, 5) is 39.0. The first kappa shape index (κ1) is 25.5. The molecular formula is C28H30N2O5. The predicted octanol–water partition coefficient (Wildman–Crippen LogP) is 4.27. The second-order valence-corrected chi connectivity index (χ2v) is 7.93. The van der Waals surface area contributed by atoms with Gasteiger partial charge >= 0.3 is 5.97 Å². The zero-order valence-corrected chi connectivity index (χ0v) is 20.0. The van der Waals surface area contributed by atoms with Crippen LogP contribution in [-0.2, 0) is 11.2 Å². The molecule has 2 N–H and O–H groups in total. The van der Waals surface area contributed by atoms with Gasteiger partial charge in [0.25, 0.3) is 11.8 Å². The third-order valence-corrected chi connectivity index (χ3v) is 5.63. The SMILES string of the molecule is CCOc1ccc(CCN(CCC(=O)O)C(=O)c2ccccc2-c2ccccc2C(=O)NC)cc1. The first-order chi connectivity index (χ1) is 16.9. The van der Waals surface area contributed by atoms with E-state index in [4.69, 9.17) is 4.74 Å². The summed E-state index contributed by atoms with van der Waals surface area (Å²) in [5.74, 6) is -0.721. The maximum absolute atomic E-state index is 13.7. The summed E-state index contributed by atoms with van der Waals surface area (Å²) in [7, 11) is 1.56. The lowest BCUT2D eigenvalue weighted by atomic mass is 9.94. The third-order valence-electron chi connectivity index (χ3n) is 5.63. The number of amides is 2. The number of aliphatic carboxylic acids is 1. The summed E-state index contributed by atoms with van der Waals surface area (Å²) in [6.07, 6.45) is 0.404. The second kappa shape index (κ2) is 12.4. The third kappa shape index (κ3) is 6.69. The molecule has 0 aliphatic heterocycles. The highest BCUT2D eigenvalue weighted by Crippen LogP contribution is 2.28. The van der Waals surface area contributed by atoms with Crippen LogP contribution in [0.15, 0.2) is 72.8 Å². The standard InChI is InChI=1S/C28H30N2O5/c1-3-35-21-14-12-20(13-15-21)16-18-30(19-17-26(31)32)28(34)25-11-7-5-9-23(25)22-8-4-6-10-24(22)27(33)29-2/h4-15H,3,16-19H2,1-2H3,(H,29,33)(H,31,32). The normalized spacial score (nSPS) is 10.5. The van der Waals surface area contributed by atoms with E-state index < -0.39 is 5.97 Å². The Bertz CT molecular complexity index is 1170.